The van der Waals surface area contributed by atoms with Crippen LogP contribution in [0, 0.1) is 0 Å². The first-order valence-electron chi connectivity index (χ1n) is 10.5. The summed E-state index contributed by atoms with van der Waals surface area (Å²) in [5, 5.41) is 5.09. The highest BCUT2D eigenvalue weighted by molar-refractivity contribution is 6.31. The van der Waals surface area contributed by atoms with Crippen molar-refractivity contribution in [3.05, 3.63) is 64.7 Å². The van der Waals surface area contributed by atoms with Crippen LogP contribution in [0.5, 0.6) is 0 Å². The predicted molar refractivity (Wildman–Crippen MR) is 115 cm³/mol. The van der Waals surface area contributed by atoms with Gasteiger partial charge in [0.15, 0.2) is 0 Å². The Balaban J connectivity index is 1.37. The molecule has 0 unspecified atom stereocenters. The van der Waals surface area contributed by atoms with Crippen LogP contribution >= 0.6 is 11.6 Å². The van der Waals surface area contributed by atoms with E-state index in [0.29, 0.717) is 12.1 Å². The molecule has 8 heteroatoms. The second-order valence-electron chi connectivity index (χ2n) is 8.36. The van der Waals surface area contributed by atoms with Gasteiger partial charge in [-0.3, -0.25) is 4.90 Å². The number of hydrogen-bond acceptors (Lipinski definition) is 2. The molecule has 2 aliphatic heterocycles. The molecule has 2 fully saturated rings. The maximum Gasteiger partial charge on any atom is 0.417 e. The molecule has 0 radical (unpaired) electrons. The molecule has 2 N–H and O–H groups in total. The fourth-order valence-electron chi connectivity index (χ4n) is 4.82. The lowest BCUT2D eigenvalue weighted by Gasteiger charge is -2.49. The van der Waals surface area contributed by atoms with E-state index < -0.39 is 22.8 Å². The molecule has 4 rings (SSSR count). The molecule has 0 aliphatic carbocycles. The van der Waals surface area contributed by atoms with Crippen LogP contribution in [0.25, 0.3) is 0 Å². The average molecular weight is 452 g/mol. The molecule has 0 saturated carbocycles. The van der Waals surface area contributed by atoms with Crippen molar-refractivity contribution in [3.8, 4) is 0 Å². The minimum atomic E-state index is -4.58. The Morgan fingerprint density at radius 2 is 1.74 bits per heavy atom. The third kappa shape index (κ3) is 5.33. The maximum atomic E-state index is 13.0. The van der Waals surface area contributed by atoms with Crippen LogP contribution in [0.1, 0.15) is 43.2 Å². The Kier molecular flexibility index (Phi) is 6.44. The molecule has 31 heavy (non-hydrogen) atoms. The number of rotatable bonds is 4. The molecule has 2 aliphatic rings. The quantitative estimate of drug-likeness (QED) is 0.593. The fraction of sp³-hybridized carbons (Fsp3) is 0.435. The van der Waals surface area contributed by atoms with Crippen molar-refractivity contribution < 1.29 is 18.0 Å². The number of nitrogens with one attached hydrogen (secondary N) is 2. The summed E-state index contributed by atoms with van der Waals surface area (Å²) in [7, 11) is 0. The van der Waals surface area contributed by atoms with Crippen LogP contribution < -0.4 is 10.6 Å². The summed E-state index contributed by atoms with van der Waals surface area (Å²) >= 11 is 5.65. The van der Waals surface area contributed by atoms with Crippen molar-refractivity contribution in [1.82, 2.24) is 10.2 Å². The molecule has 2 heterocycles. The minimum absolute atomic E-state index is 0.00305. The summed E-state index contributed by atoms with van der Waals surface area (Å²) in [6.45, 7) is 0.903. The molecular formula is C23H25ClF3N3O. The van der Waals surface area contributed by atoms with Gasteiger partial charge in [-0.2, -0.15) is 13.2 Å². The summed E-state index contributed by atoms with van der Waals surface area (Å²) in [4.78, 5) is 15.0. The van der Waals surface area contributed by atoms with Crippen LogP contribution in [0.3, 0.4) is 0 Å². The van der Waals surface area contributed by atoms with E-state index >= 15 is 0 Å². The normalized spacial score (nSPS) is 23.9. The number of carbonyl (C=O) groups excluding carboxylic acids is 1. The zero-order chi connectivity index (χ0) is 22.0. The molecule has 0 aromatic heterocycles. The van der Waals surface area contributed by atoms with Gasteiger partial charge in [0.2, 0.25) is 0 Å². The van der Waals surface area contributed by atoms with Gasteiger partial charge in [-0.25, -0.2) is 4.79 Å². The molecule has 4 nitrogen and oxygen atoms in total. The standard InChI is InChI=1S/C23H25ClF3N3O/c24-21-10-9-16(13-20(21)23(25,26)27)28-22(31)29-17-11-18-7-4-8-19(12-17)30(18)14-15-5-2-1-3-6-15/h1-3,5-6,9-10,13,17-19H,4,7-8,11-12,14H2,(H2,28,29,31)/t18-,19-/m1/s1. The van der Waals surface area contributed by atoms with Crippen molar-refractivity contribution in [3.63, 3.8) is 0 Å². The number of hydrogen-bond donors (Lipinski definition) is 2. The molecule has 2 saturated heterocycles. The SMILES string of the molecule is O=C(Nc1ccc(Cl)c(C(F)(F)F)c1)NC1C[C@H]2CCC[C@H](C1)N2Cc1ccccc1. The highest BCUT2D eigenvalue weighted by Crippen LogP contribution is 2.37. The van der Waals surface area contributed by atoms with E-state index in [1.54, 1.807) is 0 Å². The monoisotopic (exact) mass is 451 g/mol. The number of benzene rings is 2. The van der Waals surface area contributed by atoms with E-state index in [2.05, 4.69) is 27.7 Å². The number of nitrogens with zero attached hydrogens (tertiary/aromatic N) is 1. The number of urea groups is 1. The number of alkyl halides is 3. The first-order valence-corrected chi connectivity index (χ1v) is 10.9. The number of piperidine rings is 2. The Bertz CT molecular complexity index is 908. The van der Waals surface area contributed by atoms with Gasteiger partial charge in [0.05, 0.1) is 10.6 Å². The van der Waals surface area contributed by atoms with E-state index in [-0.39, 0.29) is 11.7 Å². The fourth-order valence-corrected chi connectivity index (χ4v) is 5.05. The van der Waals surface area contributed by atoms with Crippen molar-refractivity contribution >= 4 is 23.3 Å². The summed E-state index contributed by atoms with van der Waals surface area (Å²) in [5.74, 6) is 0. The van der Waals surface area contributed by atoms with Gasteiger partial charge >= 0.3 is 12.2 Å². The summed E-state index contributed by atoms with van der Waals surface area (Å²) in [5.41, 5.74) is 0.387. The minimum Gasteiger partial charge on any atom is -0.335 e. The summed E-state index contributed by atoms with van der Waals surface area (Å²) in [6, 6.07) is 14.0. The van der Waals surface area contributed by atoms with Crippen molar-refractivity contribution in [2.45, 2.75) is 63.0 Å². The average Bonchev–Trinajstić information content (AvgIpc) is 2.70. The van der Waals surface area contributed by atoms with E-state index in [9.17, 15) is 18.0 Å². The van der Waals surface area contributed by atoms with Crippen LogP contribution in [-0.2, 0) is 12.7 Å². The number of carbonyl (C=O) groups is 1. The van der Waals surface area contributed by atoms with Gasteiger partial charge in [0.1, 0.15) is 0 Å². The zero-order valence-electron chi connectivity index (χ0n) is 17.0. The third-order valence-electron chi connectivity index (χ3n) is 6.20. The van der Waals surface area contributed by atoms with Gasteiger partial charge < -0.3 is 10.6 Å². The lowest BCUT2D eigenvalue weighted by molar-refractivity contribution is -0.137. The van der Waals surface area contributed by atoms with E-state index in [1.807, 2.05) is 18.2 Å². The predicted octanol–water partition coefficient (Wildman–Crippen LogP) is 6.07. The third-order valence-corrected chi connectivity index (χ3v) is 6.53. The molecule has 2 bridgehead atoms. The molecule has 2 aromatic carbocycles. The van der Waals surface area contributed by atoms with Crippen molar-refractivity contribution in [1.29, 1.82) is 0 Å². The summed E-state index contributed by atoms with van der Waals surface area (Å²) < 4.78 is 39.1. The van der Waals surface area contributed by atoms with E-state index in [0.717, 1.165) is 44.4 Å². The number of halogens is 4. The highest BCUT2D eigenvalue weighted by atomic mass is 35.5. The van der Waals surface area contributed by atoms with Crippen LogP contribution in [-0.4, -0.2) is 29.1 Å². The molecular weight excluding hydrogens is 427 g/mol. The first-order chi connectivity index (χ1) is 14.8. The number of anilines is 1. The molecule has 2 aromatic rings. The second-order valence-corrected chi connectivity index (χ2v) is 8.76. The Labute approximate surface area is 184 Å². The van der Waals surface area contributed by atoms with Crippen LogP contribution in [0.4, 0.5) is 23.7 Å². The Morgan fingerprint density at radius 1 is 1.06 bits per heavy atom. The summed E-state index contributed by atoms with van der Waals surface area (Å²) in [6.07, 6.45) is 0.472. The topological polar surface area (TPSA) is 44.4 Å². The van der Waals surface area contributed by atoms with Gasteiger partial charge in [-0.05, 0) is 49.4 Å². The van der Waals surface area contributed by atoms with Crippen LogP contribution in [0.2, 0.25) is 5.02 Å². The molecule has 166 valence electrons. The van der Waals surface area contributed by atoms with Crippen LogP contribution in [0.15, 0.2) is 48.5 Å². The smallest absolute Gasteiger partial charge is 0.335 e. The number of amides is 2. The molecule has 2 atom stereocenters. The van der Waals surface area contributed by atoms with Gasteiger partial charge in [0.25, 0.3) is 0 Å². The zero-order valence-corrected chi connectivity index (χ0v) is 17.7. The molecule has 2 amide bonds. The number of fused-ring (bicyclic) bond motifs is 2. The van der Waals surface area contributed by atoms with Crippen molar-refractivity contribution in [2.24, 2.45) is 0 Å². The van der Waals surface area contributed by atoms with Crippen molar-refractivity contribution in [2.75, 3.05) is 5.32 Å². The van der Waals surface area contributed by atoms with Gasteiger partial charge in [-0.15, -0.1) is 0 Å². The Morgan fingerprint density at radius 3 is 2.39 bits per heavy atom. The van der Waals surface area contributed by atoms with E-state index in [4.69, 9.17) is 11.6 Å². The first kappa shape index (κ1) is 22.0. The van der Waals surface area contributed by atoms with Gasteiger partial charge in [-0.1, -0.05) is 48.4 Å². The lowest BCUT2D eigenvalue weighted by Crippen LogP contribution is -2.56. The largest absolute Gasteiger partial charge is 0.417 e. The molecule has 0 spiro atoms. The Hall–Kier alpha value is -2.25. The lowest BCUT2D eigenvalue weighted by atomic mass is 9.81. The second kappa shape index (κ2) is 9.09. The maximum absolute atomic E-state index is 13.0. The highest BCUT2D eigenvalue weighted by Gasteiger charge is 2.38. The van der Waals surface area contributed by atoms with E-state index in [1.165, 1.54) is 18.1 Å². The van der Waals surface area contributed by atoms with Gasteiger partial charge in [0, 0.05) is 30.4 Å².